The molecule has 0 unspecified atom stereocenters. The minimum Gasteiger partial charge on any atom is -0.281 e. The van der Waals surface area contributed by atoms with E-state index in [2.05, 4.69) is 22.7 Å². The molecule has 0 radical (unpaired) electrons. The fraction of sp³-hybridized carbons (Fsp3) is 0.273. The number of carbonyl (C=O) groups excluding carboxylic acids is 1. The molecule has 0 saturated heterocycles. The van der Waals surface area contributed by atoms with E-state index in [4.69, 9.17) is 0 Å². The molecular formula is C22H26N4O. The summed E-state index contributed by atoms with van der Waals surface area (Å²) in [5.74, 6) is -0.338. The van der Waals surface area contributed by atoms with Gasteiger partial charge in [0.25, 0.3) is 0 Å². The highest BCUT2D eigenvalue weighted by atomic mass is 16.2. The molecule has 0 fully saturated rings. The molecule has 140 valence electrons. The number of nitrogens with zero attached hydrogens (tertiary/aromatic N) is 3. The van der Waals surface area contributed by atoms with Crippen LogP contribution in [0.2, 0.25) is 0 Å². The molecule has 0 saturated carbocycles. The van der Waals surface area contributed by atoms with E-state index < -0.39 is 0 Å². The number of benzene rings is 2. The third kappa shape index (κ3) is 4.19. The minimum atomic E-state index is -0.291. The summed E-state index contributed by atoms with van der Waals surface area (Å²) < 4.78 is 1.83. The fourth-order valence-corrected chi connectivity index (χ4v) is 3.35. The molecule has 0 aliphatic heterocycles. The van der Waals surface area contributed by atoms with Crippen LogP contribution >= 0.6 is 0 Å². The Labute approximate surface area is 160 Å². The number of hydrazine groups is 1. The molecule has 1 heterocycles. The molecule has 0 spiro atoms. The Hall–Kier alpha value is -3.08. The molecule has 5 nitrogen and oxygen atoms in total. The summed E-state index contributed by atoms with van der Waals surface area (Å²) in [6.07, 6.45) is 0. The summed E-state index contributed by atoms with van der Waals surface area (Å²) >= 11 is 0. The number of amides is 1. The number of nitrogens with one attached hydrogen (secondary N) is 1. The second-order valence-corrected chi connectivity index (χ2v) is 6.81. The van der Waals surface area contributed by atoms with Crippen molar-refractivity contribution in [2.75, 3.05) is 5.01 Å². The largest absolute Gasteiger partial charge is 0.281 e. The SMILES string of the molecule is Cc1nn(C)c(C)c1[C@@H](C)C(=O)NN(Cc1ccccc1)c1ccccc1. The van der Waals surface area contributed by atoms with E-state index >= 15 is 0 Å². The van der Waals surface area contributed by atoms with Crippen molar-refractivity contribution >= 4 is 11.6 Å². The monoisotopic (exact) mass is 362 g/mol. The van der Waals surface area contributed by atoms with Crippen molar-refractivity contribution < 1.29 is 4.79 Å². The van der Waals surface area contributed by atoms with Crippen LogP contribution in [-0.2, 0) is 18.4 Å². The average molecular weight is 362 g/mol. The zero-order chi connectivity index (χ0) is 19.4. The quantitative estimate of drug-likeness (QED) is 0.677. The van der Waals surface area contributed by atoms with Gasteiger partial charge in [-0.05, 0) is 38.5 Å². The van der Waals surface area contributed by atoms with Gasteiger partial charge in [-0.2, -0.15) is 5.10 Å². The number of hydrogen-bond donors (Lipinski definition) is 1. The third-order valence-corrected chi connectivity index (χ3v) is 4.89. The van der Waals surface area contributed by atoms with E-state index in [1.54, 1.807) is 0 Å². The molecule has 0 aliphatic rings. The van der Waals surface area contributed by atoms with Crippen LogP contribution in [0.15, 0.2) is 60.7 Å². The zero-order valence-electron chi connectivity index (χ0n) is 16.3. The van der Waals surface area contributed by atoms with E-state index in [0.717, 1.165) is 28.2 Å². The molecule has 0 aliphatic carbocycles. The van der Waals surface area contributed by atoms with E-state index in [0.29, 0.717) is 6.54 Å². The van der Waals surface area contributed by atoms with Crippen molar-refractivity contribution in [3.63, 3.8) is 0 Å². The van der Waals surface area contributed by atoms with Crippen LogP contribution in [0, 0.1) is 13.8 Å². The lowest BCUT2D eigenvalue weighted by Gasteiger charge is -2.27. The Morgan fingerprint density at radius 1 is 1.07 bits per heavy atom. The van der Waals surface area contributed by atoms with Crippen LogP contribution in [0.3, 0.4) is 0 Å². The van der Waals surface area contributed by atoms with E-state index in [-0.39, 0.29) is 11.8 Å². The van der Waals surface area contributed by atoms with Crippen molar-refractivity contribution in [2.24, 2.45) is 7.05 Å². The smallest absolute Gasteiger partial charge is 0.245 e. The van der Waals surface area contributed by atoms with Gasteiger partial charge in [0.05, 0.1) is 23.8 Å². The normalized spacial score (nSPS) is 11.9. The first kappa shape index (κ1) is 18.7. The number of anilines is 1. The Morgan fingerprint density at radius 3 is 2.22 bits per heavy atom. The molecule has 2 aromatic carbocycles. The van der Waals surface area contributed by atoms with Crippen molar-refractivity contribution in [3.8, 4) is 0 Å². The lowest BCUT2D eigenvalue weighted by molar-refractivity contribution is -0.122. The summed E-state index contributed by atoms with van der Waals surface area (Å²) in [6.45, 7) is 6.47. The number of para-hydroxylation sites is 1. The van der Waals surface area contributed by atoms with E-state index in [1.165, 1.54) is 0 Å². The molecule has 3 aromatic rings. The molecule has 3 rings (SSSR count). The van der Waals surface area contributed by atoms with Crippen molar-refractivity contribution in [1.29, 1.82) is 0 Å². The molecule has 1 atom stereocenters. The number of hydrogen-bond acceptors (Lipinski definition) is 3. The van der Waals surface area contributed by atoms with Gasteiger partial charge >= 0.3 is 0 Å². The first-order valence-electron chi connectivity index (χ1n) is 9.14. The highest BCUT2D eigenvalue weighted by molar-refractivity contribution is 5.85. The van der Waals surface area contributed by atoms with Gasteiger partial charge in [-0.1, -0.05) is 48.5 Å². The maximum Gasteiger partial charge on any atom is 0.245 e. The van der Waals surface area contributed by atoms with Gasteiger partial charge in [0.2, 0.25) is 5.91 Å². The molecular weight excluding hydrogens is 336 g/mol. The summed E-state index contributed by atoms with van der Waals surface area (Å²) in [5, 5.41) is 6.34. The maximum atomic E-state index is 13.0. The van der Waals surface area contributed by atoms with Gasteiger partial charge in [0.1, 0.15) is 0 Å². The van der Waals surface area contributed by atoms with Crippen LogP contribution in [-0.4, -0.2) is 15.7 Å². The van der Waals surface area contributed by atoms with Gasteiger partial charge < -0.3 is 0 Å². The second-order valence-electron chi connectivity index (χ2n) is 6.81. The number of aromatic nitrogens is 2. The summed E-state index contributed by atoms with van der Waals surface area (Å²) in [7, 11) is 1.90. The van der Waals surface area contributed by atoms with Crippen LogP contribution in [0.25, 0.3) is 0 Å². The maximum absolute atomic E-state index is 13.0. The molecule has 1 amide bonds. The zero-order valence-corrected chi connectivity index (χ0v) is 16.3. The van der Waals surface area contributed by atoms with Gasteiger partial charge in [0, 0.05) is 18.3 Å². The summed E-state index contributed by atoms with van der Waals surface area (Å²) in [6, 6.07) is 20.0. The lowest BCUT2D eigenvalue weighted by atomic mass is 9.98. The topological polar surface area (TPSA) is 50.2 Å². The van der Waals surface area contributed by atoms with Gasteiger partial charge in [-0.3, -0.25) is 19.9 Å². The Morgan fingerprint density at radius 2 is 1.67 bits per heavy atom. The molecule has 27 heavy (non-hydrogen) atoms. The Bertz CT molecular complexity index is 903. The predicted octanol–water partition coefficient (Wildman–Crippen LogP) is 3.88. The van der Waals surface area contributed by atoms with E-state index in [1.807, 2.05) is 86.0 Å². The standard InChI is InChI=1S/C22H26N4O/c1-16(21-17(2)23-25(4)18(21)3)22(27)24-26(20-13-9-6-10-14-20)15-19-11-7-5-8-12-19/h5-14,16H,15H2,1-4H3,(H,24,27)/t16-/m1/s1. The van der Waals surface area contributed by atoms with Crippen LogP contribution in [0.5, 0.6) is 0 Å². The van der Waals surface area contributed by atoms with Crippen LogP contribution < -0.4 is 10.4 Å². The van der Waals surface area contributed by atoms with Crippen molar-refractivity contribution in [1.82, 2.24) is 15.2 Å². The van der Waals surface area contributed by atoms with Crippen LogP contribution in [0.1, 0.15) is 35.4 Å². The van der Waals surface area contributed by atoms with Crippen LogP contribution in [0.4, 0.5) is 5.69 Å². The van der Waals surface area contributed by atoms with Crippen molar-refractivity contribution in [3.05, 3.63) is 83.2 Å². The highest BCUT2D eigenvalue weighted by Gasteiger charge is 2.24. The molecule has 1 aromatic heterocycles. The Balaban J connectivity index is 1.84. The molecule has 5 heteroatoms. The average Bonchev–Trinajstić information content (AvgIpc) is 2.94. The third-order valence-electron chi connectivity index (χ3n) is 4.89. The van der Waals surface area contributed by atoms with Gasteiger partial charge in [-0.15, -0.1) is 0 Å². The number of aryl methyl sites for hydroxylation is 2. The van der Waals surface area contributed by atoms with Gasteiger partial charge in [-0.25, -0.2) is 0 Å². The molecule has 0 bridgehead atoms. The summed E-state index contributed by atoms with van der Waals surface area (Å²) in [5.41, 5.74) is 8.08. The fourth-order valence-electron chi connectivity index (χ4n) is 3.35. The predicted molar refractivity (Wildman–Crippen MR) is 108 cm³/mol. The second kappa shape index (κ2) is 8.08. The van der Waals surface area contributed by atoms with Crippen molar-refractivity contribution in [2.45, 2.75) is 33.2 Å². The first-order chi connectivity index (χ1) is 13.0. The highest BCUT2D eigenvalue weighted by Crippen LogP contribution is 2.24. The number of rotatable bonds is 6. The van der Waals surface area contributed by atoms with E-state index in [9.17, 15) is 4.79 Å². The first-order valence-corrected chi connectivity index (χ1v) is 9.14. The molecule has 1 N–H and O–H groups in total. The minimum absolute atomic E-state index is 0.0472. The van der Waals surface area contributed by atoms with Gasteiger partial charge in [0.15, 0.2) is 0 Å². The lowest BCUT2D eigenvalue weighted by Crippen LogP contribution is -2.44. The Kier molecular flexibility index (Phi) is 5.60. The summed E-state index contributed by atoms with van der Waals surface area (Å²) in [4.78, 5) is 13.0. The number of carbonyl (C=O) groups is 1.